The van der Waals surface area contributed by atoms with E-state index in [-0.39, 0.29) is 21.4 Å². The van der Waals surface area contributed by atoms with Crippen LogP contribution in [0.5, 0.6) is 5.75 Å². The molecular weight excluding hydrogens is 845 g/mol. The van der Waals surface area contributed by atoms with E-state index in [9.17, 15) is 35.4 Å². The Balaban J connectivity index is 0.000000224. The number of ether oxygens (including phenoxy) is 1. The van der Waals surface area contributed by atoms with Crippen molar-refractivity contribution in [3.8, 4) is 11.8 Å². The second-order valence-corrected chi connectivity index (χ2v) is 16.7. The maximum Gasteiger partial charge on any atom is 0.295 e. The molecule has 22 heteroatoms. The van der Waals surface area contributed by atoms with Crippen molar-refractivity contribution in [2.45, 2.75) is 33.4 Å². The summed E-state index contributed by atoms with van der Waals surface area (Å²) in [7, 11) is -7.98. The van der Waals surface area contributed by atoms with Crippen LogP contribution in [-0.4, -0.2) is 51.3 Å². The van der Waals surface area contributed by atoms with Crippen molar-refractivity contribution in [1.82, 2.24) is 4.98 Å². The molecule has 1 heterocycles. The minimum absolute atomic E-state index is 0.0681. The molecule has 0 spiro atoms. The van der Waals surface area contributed by atoms with Crippen molar-refractivity contribution >= 4 is 99.9 Å². The van der Waals surface area contributed by atoms with Crippen molar-refractivity contribution < 1.29 is 44.0 Å². The van der Waals surface area contributed by atoms with E-state index < -0.39 is 41.1 Å². The van der Waals surface area contributed by atoms with Crippen LogP contribution in [0.4, 0.5) is 45.8 Å². The van der Waals surface area contributed by atoms with E-state index in [1.807, 2.05) is 0 Å². The Kier molecular flexibility index (Phi) is 13.5. The van der Waals surface area contributed by atoms with Crippen molar-refractivity contribution in [3.05, 3.63) is 108 Å². The summed E-state index contributed by atoms with van der Waals surface area (Å²) >= 11 is -1.41. The number of aryl methyl sites for hydroxylation is 1. The SMILES string of the molecule is COc1cc(N=Nc2cc(S(=O)(=O)O)c3cccc(S(=O)(=O)O)c3c2)c(C)cc1N.Cc1c(N)c(Nc2ccc(SO)cc2)nc(Nc2ccc(S(=O)O)cc2)c1C#N. The first-order chi connectivity index (χ1) is 27.8. The third kappa shape index (κ3) is 10.5. The molecule has 0 aliphatic heterocycles. The van der Waals surface area contributed by atoms with E-state index in [0.29, 0.717) is 79.5 Å². The van der Waals surface area contributed by atoms with Gasteiger partial charge in [-0.05, 0) is 97.8 Å². The highest BCUT2D eigenvalue weighted by Gasteiger charge is 2.22. The number of rotatable bonds is 11. The number of fused-ring (bicyclic) bond motifs is 1. The molecule has 18 nitrogen and oxygen atoms in total. The Morgan fingerprint density at radius 1 is 0.831 bits per heavy atom. The summed E-state index contributed by atoms with van der Waals surface area (Å²) in [5, 5.41) is 23.5. The summed E-state index contributed by atoms with van der Waals surface area (Å²) in [5.74, 6) is 1.05. The first-order valence-electron chi connectivity index (χ1n) is 16.6. The number of pyridine rings is 1. The number of benzene rings is 5. The number of azo groups is 1. The van der Waals surface area contributed by atoms with Gasteiger partial charge in [-0.15, -0.1) is 0 Å². The Labute approximate surface area is 345 Å². The van der Waals surface area contributed by atoms with Gasteiger partial charge in [0.05, 0.1) is 40.3 Å². The molecule has 0 saturated heterocycles. The quantitative estimate of drug-likeness (QED) is 0.0200. The number of nitrogens with one attached hydrogen (secondary N) is 2. The van der Waals surface area contributed by atoms with Crippen molar-refractivity contribution in [1.29, 1.82) is 5.26 Å². The minimum Gasteiger partial charge on any atom is -0.495 e. The fourth-order valence-electron chi connectivity index (χ4n) is 5.47. The summed E-state index contributed by atoms with van der Waals surface area (Å²) < 4.78 is 101. The highest BCUT2D eigenvalue weighted by Crippen LogP contribution is 2.36. The Hall–Kier alpha value is -6.16. The molecule has 5 aromatic carbocycles. The number of nitriles is 1. The fourth-order valence-corrected chi connectivity index (χ4v) is 7.52. The largest absolute Gasteiger partial charge is 0.495 e. The number of nitrogens with two attached hydrogens (primary N) is 2. The van der Waals surface area contributed by atoms with Crippen molar-refractivity contribution in [2.24, 2.45) is 10.2 Å². The highest BCUT2D eigenvalue weighted by atomic mass is 32.2. The zero-order valence-corrected chi connectivity index (χ0v) is 34.2. The van der Waals surface area contributed by atoms with E-state index in [1.165, 1.54) is 43.5 Å². The van der Waals surface area contributed by atoms with Gasteiger partial charge < -0.3 is 35.9 Å². The topological polar surface area (TPSA) is 313 Å². The predicted octanol–water partition coefficient (Wildman–Crippen LogP) is 8.12. The van der Waals surface area contributed by atoms with Gasteiger partial charge in [-0.3, -0.25) is 9.11 Å². The predicted molar refractivity (Wildman–Crippen MR) is 225 cm³/mol. The molecule has 6 aromatic rings. The number of hydrogen-bond acceptors (Lipinski definition) is 16. The van der Waals surface area contributed by atoms with E-state index in [1.54, 1.807) is 56.3 Å². The number of aromatic nitrogens is 1. The molecule has 0 bridgehead atoms. The third-order valence-corrected chi connectivity index (χ3v) is 11.4. The van der Waals surface area contributed by atoms with Gasteiger partial charge in [0.15, 0.2) is 22.7 Å². The lowest BCUT2D eigenvalue weighted by atomic mass is 10.1. The zero-order valence-electron chi connectivity index (χ0n) is 31.0. The number of nitrogens with zero attached hydrogens (tertiary/aromatic N) is 4. The number of methoxy groups -OCH3 is 1. The van der Waals surface area contributed by atoms with Crippen LogP contribution in [0.1, 0.15) is 16.7 Å². The van der Waals surface area contributed by atoms with Crippen molar-refractivity contribution in [3.63, 3.8) is 0 Å². The molecule has 0 aliphatic rings. The monoisotopic (exact) mass is 878 g/mol. The summed E-state index contributed by atoms with van der Waals surface area (Å²) in [6.07, 6.45) is 0. The van der Waals surface area contributed by atoms with E-state index in [4.69, 9.17) is 25.3 Å². The smallest absolute Gasteiger partial charge is 0.295 e. The minimum atomic E-state index is -4.74. The van der Waals surface area contributed by atoms with Gasteiger partial charge in [0.1, 0.15) is 21.6 Å². The fraction of sp³-hybridized carbons (Fsp3) is 0.0811. The maximum atomic E-state index is 11.9. The average Bonchev–Trinajstić information content (AvgIpc) is 3.19. The Bertz CT molecular complexity index is 2890. The van der Waals surface area contributed by atoms with Crippen molar-refractivity contribution in [2.75, 3.05) is 29.2 Å². The molecule has 0 aliphatic carbocycles. The summed E-state index contributed by atoms with van der Waals surface area (Å²) in [4.78, 5) is 4.31. The molecule has 1 atom stereocenters. The lowest BCUT2D eigenvalue weighted by Crippen LogP contribution is -2.07. The number of anilines is 6. The van der Waals surface area contributed by atoms with Crippen LogP contribution in [0, 0.1) is 25.2 Å². The van der Waals surface area contributed by atoms with Gasteiger partial charge in [-0.25, -0.2) is 9.19 Å². The molecule has 0 fully saturated rings. The van der Waals surface area contributed by atoms with Crippen LogP contribution < -0.4 is 26.8 Å². The molecule has 1 unspecified atom stereocenters. The van der Waals surface area contributed by atoms with Gasteiger partial charge in [-0.2, -0.15) is 32.3 Å². The van der Waals surface area contributed by atoms with Crippen LogP contribution in [0.3, 0.4) is 0 Å². The molecule has 0 amide bonds. The molecule has 306 valence electrons. The van der Waals surface area contributed by atoms with Gasteiger partial charge >= 0.3 is 0 Å². The summed E-state index contributed by atoms with van der Waals surface area (Å²) in [6.45, 7) is 3.46. The molecule has 10 N–H and O–H groups in total. The van der Waals surface area contributed by atoms with Gasteiger partial charge in [0.25, 0.3) is 20.2 Å². The van der Waals surface area contributed by atoms with Gasteiger partial charge in [-0.1, -0.05) is 12.1 Å². The normalized spacial score (nSPS) is 12.0. The molecule has 6 rings (SSSR count). The van der Waals surface area contributed by atoms with Gasteiger partial charge in [0.2, 0.25) is 0 Å². The third-order valence-electron chi connectivity index (χ3n) is 8.43. The molecular formula is C37H34N8O10S4. The van der Waals surface area contributed by atoms with Crippen LogP contribution in [0.25, 0.3) is 10.8 Å². The lowest BCUT2D eigenvalue weighted by molar-refractivity contribution is 0.417. The van der Waals surface area contributed by atoms with Crippen LogP contribution in [0.2, 0.25) is 0 Å². The number of hydrogen-bond donors (Lipinski definition) is 8. The molecule has 1 aromatic heterocycles. The molecule has 59 heavy (non-hydrogen) atoms. The molecule has 0 radical (unpaired) electrons. The second-order valence-electron chi connectivity index (χ2n) is 12.3. The first kappa shape index (κ1) is 44.0. The Morgan fingerprint density at radius 3 is 2.00 bits per heavy atom. The molecule has 0 saturated carbocycles. The maximum absolute atomic E-state index is 11.9. The summed E-state index contributed by atoms with van der Waals surface area (Å²) in [6, 6.07) is 24.5. The van der Waals surface area contributed by atoms with E-state index in [0.717, 1.165) is 12.1 Å². The van der Waals surface area contributed by atoms with E-state index in [2.05, 4.69) is 31.9 Å². The number of nitrogen functional groups attached to an aromatic ring is 2. The van der Waals surface area contributed by atoms with Crippen LogP contribution in [-0.2, 0) is 31.3 Å². The summed E-state index contributed by atoms with van der Waals surface area (Å²) in [5.41, 5.74) is 15.9. The Morgan fingerprint density at radius 2 is 1.44 bits per heavy atom. The van der Waals surface area contributed by atoms with Crippen LogP contribution >= 0.6 is 12.0 Å². The van der Waals surface area contributed by atoms with E-state index >= 15 is 0 Å². The highest BCUT2D eigenvalue weighted by molar-refractivity contribution is 7.93. The standard InChI is InChI=1S/C19H17N5O3S2.C18H17N3O7S2/c1-11-16(10-20)18(22-13-4-8-15(9-5-13)29(26)27)24-19(17(11)21)23-12-2-6-14(28-25)7-3-12;1-10-6-14(19)16(28-2)9-15(10)21-20-11-7-13-12(18(8-11)30(25,26)27)4-3-5-17(13)29(22,23)24/h2-9,25H,21H2,1H3,(H,26,27)(H2,22,23,24);3-9H,19H2,1-2H3,(H,22,23,24)(H,25,26,27). The lowest BCUT2D eigenvalue weighted by Gasteiger charge is -2.16. The first-order valence-corrected chi connectivity index (χ1v) is 21.3. The second kappa shape index (κ2) is 18.2. The van der Waals surface area contributed by atoms with Gasteiger partial charge in [0, 0.05) is 45.2 Å². The average molecular weight is 879 g/mol. The van der Waals surface area contributed by atoms with Crippen LogP contribution in [0.15, 0.2) is 121 Å². The zero-order chi connectivity index (χ0) is 43.2.